The molecule has 0 saturated heterocycles. The van der Waals surface area contributed by atoms with E-state index < -0.39 is 6.04 Å². The SMILES string of the molecule is CCN(Cc1ccccc1)C(=O)C(C)n1nc(-c2ccncc2)ccc1=O. The number of likely N-dealkylation sites (N-methyl/N-ethyl adjacent to an activating group) is 1. The van der Waals surface area contributed by atoms with Gasteiger partial charge in [0.1, 0.15) is 6.04 Å². The van der Waals surface area contributed by atoms with Crippen LogP contribution in [0, 0.1) is 0 Å². The molecular weight excluding hydrogens is 340 g/mol. The fourth-order valence-electron chi connectivity index (χ4n) is 2.90. The van der Waals surface area contributed by atoms with Crippen LogP contribution in [0.25, 0.3) is 11.3 Å². The summed E-state index contributed by atoms with van der Waals surface area (Å²) in [4.78, 5) is 31.1. The number of carbonyl (C=O) groups excluding carboxylic acids is 1. The molecule has 0 fully saturated rings. The second-order valence-corrected chi connectivity index (χ2v) is 6.25. The summed E-state index contributed by atoms with van der Waals surface area (Å²) in [5, 5.41) is 4.42. The molecule has 27 heavy (non-hydrogen) atoms. The summed E-state index contributed by atoms with van der Waals surface area (Å²) in [7, 11) is 0. The smallest absolute Gasteiger partial charge is 0.267 e. The maximum atomic E-state index is 13.0. The van der Waals surface area contributed by atoms with Crippen LogP contribution in [-0.4, -0.2) is 32.1 Å². The van der Waals surface area contributed by atoms with Crippen LogP contribution >= 0.6 is 0 Å². The largest absolute Gasteiger partial charge is 0.337 e. The van der Waals surface area contributed by atoms with Gasteiger partial charge >= 0.3 is 0 Å². The number of pyridine rings is 1. The van der Waals surface area contributed by atoms with Crippen molar-refractivity contribution >= 4 is 5.91 Å². The van der Waals surface area contributed by atoms with Crippen molar-refractivity contribution in [3.8, 4) is 11.3 Å². The molecule has 0 saturated carbocycles. The number of rotatable bonds is 6. The zero-order valence-electron chi connectivity index (χ0n) is 15.4. The van der Waals surface area contributed by atoms with Crippen LogP contribution in [0.1, 0.15) is 25.5 Å². The zero-order chi connectivity index (χ0) is 19.2. The van der Waals surface area contributed by atoms with E-state index in [-0.39, 0.29) is 11.5 Å². The third-order valence-corrected chi connectivity index (χ3v) is 4.44. The Bertz CT molecular complexity index is 955. The molecule has 0 spiro atoms. The first kappa shape index (κ1) is 18.5. The summed E-state index contributed by atoms with van der Waals surface area (Å²) in [6.45, 7) is 4.69. The Hall–Kier alpha value is -3.28. The lowest BCUT2D eigenvalue weighted by Crippen LogP contribution is -2.39. The summed E-state index contributed by atoms with van der Waals surface area (Å²) in [5.74, 6) is -0.136. The number of aromatic nitrogens is 3. The summed E-state index contributed by atoms with van der Waals surface area (Å²) >= 11 is 0. The van der Waals surface area contributed by atoms with Crippen molar-refractivity contribution in [1.29, 1.82) is 0 Å². The van der Waals surface area contributed by atoms with Crippen molar-refractivity contribution in [1.82, 2.24) is 19.7 Å². The normalized spacial score (nSPS) is 11.8. The summed E-state index contributed by atoms with van der Waals surface area (Å²) in [6.07, 6.45) is 3.33. The predicted octanol–water partition coefficient (Wildman–Crippen LogP) is 2.92. The predicted molar refractivity (Wildman–Crippen MR) is 104 cm³/mol. The van der Waals surface area contributed by atoms with E-state index in [1.807, 2.05) is 49.4 Å². The molecule has 1 aromatic carbocycles. The first-order valence-electron chi connectivity index (χ1n) is 8.93. The molecule has 138 valence electrons. The third kappa shape index (κ3) is 4.28. The van der Waals surface area contributed by atoms with Crippen LogP contribution in [0.4, 0.5) is 0 Å². The van der Waals surface area contributed by atoms with Crippen molar-refractivity contribution in [3.63, 3.8) is 0 Å². The number of carbonyl (C=O) groups is 1. The van der Waals surface area contributed by atoms with Gasteiger partial charge in [-0.1, -0.05) is 30.3 Å². The minimum atomic E-state index is -0.692. The van der Waals surface area contributed by atoms with Gasteiger partial charge in [0.25, 0.3) is 5.56 Å². The van der Waals surface area contributed by atoms with Gasteiger partial charge in [-0.2, -0.15) is 5.10 Å². The van der Waals surface area contributed by atoms with Gasteiger partial charge in [0.2, 0.25) is 5.91 Å². The molecule has 0 aliphatic rings. The van der Waals surface area contributed by atoms with Crippen LogP contribution < -0.4 is 5.56 Å². The number of benzene rings is 1. The van der Waals surface area contributed by atoms with Crippen molar-refractivity contribution in [2.75, 3.05) is 6.54 Å². The molecule has 0 aliphatic carbocycles. The molecule has 2 heterocycles. The van der Waals surface area contributed by atoms with E-state index in [9.17, 15) is 9.59 Å². The van der Waals surface area contributed by atoms with E-state index in [0.29, 0.717) is 18.8 Å². The monoisotopic (exact) mass is 362 g/mol. The van der Waals surface area contributed by atoms with E-state index in [1.54, 1.807) is 30.3 Å². The van der Waals surface area contributed by atoms with Crippen LogP contribution in [0.3, 0.4) is 0 Å². The summed E-state index contributed by atoms with van der Waals surface area (Å²) < 4.78 is 1.26. The highest BCUT2D eigenvalue weighted by Crippen LogP contribution is 2.16. The maximum absolute atomic E-state index is 13.0. The highest BCUT2D eigenvalue weighted by molar-refractivity contribution is 5.80. The van der Waals surface area contributed by atoms with Gasteiger partial charge < -0.3 is 4.90 Å². The molecule has 3 aromatic rings. The second kappa shape index (κ2) is 8.40. The average Bonchev–Trinajstić information content (AvgIpc) is 2.72. The molecule has 0 N–H and O–H groups in total. The summed E-state index contributed by atoms with van der Waals surface area (Å²) in [5.41, 5.74) is 2.22. The number of amides is 1. The Balaban J connectivity index is 1.86. The number of nitrogens with zero attached hydrogens (tertiary/aromatic N) is 4. The van der Waals surface area contributed by atoms with Crippen molar-refractivity contribution in [2.24, 2.45) is 0 Å². The van der Waals surface area contributed by atoms with Crippen LogP contribution in [-0.2, 0) is 11.3 Å². The quantitative estimate of drug-likeness (QED) is 0.676. The second-order valence-electron chi connectivity index (χ2n) is 6.25. The molecule has 3 rings (SSSR count). The molecule has 2 aromatic heterocycles. The fraction of sp³-hybridized carbons (Fsp3) is 0.238. The molecule has 0 aliphatic heterocycles. The molecule has 0 radical (unpaired) electrons. The Morgan fingerprint density at radius 1 is 1.07 bits per heavy atom. The van der Waals surface area contributed by atoms with Crippen molar-refractivity contribution in [3.05, 3.63) is 82.9 Å². The lowest BCUT2D eigenvalue weighted by molar-refractivity contribution is -0.135. The van der Waals surface area contributed by atoms with Crippen LogP contribution in [0.15, 0.2) is 71.8 Å². The van der Waals surface area contributed by atoms with Gasteiger partial charge in [-0.25, -0.2) is 4.68 Å². The molecule has 0 bridgehead atoms. The van der Waals surface area contributed by atoms with Crippen LogP contribution in [0.5, 0.6) is 0 Å². The third-order valence-electron chi connectivity index (χ3n) is 4.44. The lowest BCUT2D eigenvalue weighted by Gasteiger charge is -2.25. The topological polar surface area (TPSA) is 68.1 Å². The first-order chi connectivity index (χ1) is 13.1. The van der Waals surface area contributed by atoms with Gasteiger partial charge in [-0.3, -0.25) is 14.6 Å². The standard InChI is InChI=1S/C21H22N4O2/c1-3-24(15-17-7-5-4-6-8-17)21(27)16(2)25-20(26)10-9-19(23-25)18-11-13-22-14-12-18/h4-14,16H,3,15H2,1-2H3. The average molecular weight is 362 g/mol. The van der Waals surface area contributed by atoms with E-state index in [0.717, 1.165) is 11.1 Å². The Morgan fingerprint density at radius 2 is 1.78 bits per heavy atom. The first-order valence-corrected chi connectivity index (χ1v) is 8.93. The number of hydrogen-bond donors (Lipinski definition) is 0. The molecule has 1 atom stereocenters. The highest BCUT2D eigenvalue weighted by atomic mass is 16.2. The van der Waals surface area contributed by atoms with Crippen molar-refractivity contribution in [2.45, 2.75) is 26.4 Å². The van der Waals surface area contributed by atoms with E-state index in [2.05, 4.69) is 10.1 Å². The Labute approximate surface area is 158 Å². The van der Waals surface area contributed by atoms with Crippen LogP contribution in [0.2, 0.25) is 0 Å². The molecule has 6 nitrogen and oxygen atoms in total. The number of hydrogen-bond acceptors (Lipinski definition) is 4. The maximum Gasteiger partial charge on any atom is 0.267 e. The van der Waals surface area contributed by atoms with E-state index >= 15 is 0 Å². The fourth-order valence-corrected chi connectivity index (χ4v) is 2.90. The zero-order valence-corrected chi connectivity index (χ0v) is 15.4. The van der Waals surface area contributed by atoms with Gasteiger partial charge in [0, 0.05) is 37.1 Å². The van der Waals surface area contributed by atoms with E-state index in [4.69, 9.17) is 0 Å². The minimum absolute atomic E-state index is 0.136. The summed E-state index contributed by atoms with van der Waals surface area (Å²) in [6, 6.07) is 15.8. The molecule has 6 heteroatoms. The highest BCUT2D eigenvalue weighted by Gasteiger charge is 2.23. The van der Waals surface area contributed by atoms with Crippen molar-refractivity contribution < 1.29 is 4.79 Å². The molecule has 1 unspecified atom stereocenters. The molecule has 1 amide bonds. The lowest BCUT2D eigenvalue weighted by atomic mass is 10.2. The molecular formula is C21H22N4O2. The van der Waals surface area contributed by atoms with Gasteiger partial charge in [-0.15, -0.1) is 0 Å². The van der Waals surface area contributed by atoms with E-state index in [1.165, 1.54) is 10.7 Å². The van der Waals surface area contributed by atoms with Gasteiger partial charge in [-0.05, 0) is 37.6 Å². The van der Waals surface area contributed by atoms with Gasteiger partial charge in [0.15, 0.2) is 0 Å². The Kier molecular flexibility index (Phi) is 5.76. The minimum Gasteiger partial charge on any atom is -0.337 e. The Morgan fingerprint density at radius 3 is 2.44 bits per heavy atom. The van der Waals surface area contributed by atoms with Gasteiger partial charge in [0.05, 0.1) is 5.69 Å².